The lowest BCUT2D eigenvalue weighted by molar-refractivity contribution is -0.621. The van der Waals surface area contributed by atoms with Crippen LogP contribution in [0, 0.1) is 0 Å². The molecule has 17 heavy (non-hydrogen) atoms. The van der Waals surface area contributed by atoms with Crippen molar-refractivity contribution >= 4 is 17.5 Å². The number of hydrogen-bond donors (Lipinski definition) is 6. The summed E-state index contributed by atoms with van der Waals surface area (Å²) in [5.41, 5.74) is 5.20. The van der Waals surface area contributed by atoms with Crippen molar-refractivity contribution in [2.75, 3.05) is 17.6 Å². The highest BCUT2D eigenvalue weighted by Gasteiger charge is 2.36. The van der Waals surface area contributed by atoms with E-state index in [4.69, 9.17) is 5.73 Å². The molecule has 0 saturated carbocycles. The van der Waals surface area contributed by atoms with Gasteiger partial charge in [0.05, 0.1) is 12.6 Å². The van der Waals surface area contributed by atoms with E-state index in [1.54, 1.807) is 0 Å². The number of nitrogen functional groups attached to an aromatic ring is 1. The first-order valence-electron chi connectivity index (χ1n) is 5.25. The van der Waals surface area contributed by atoms with Gasteiger partial charge in [0, 0.05) is 0 Å². The van der Waals surface area contributed by atoms with Crippen molar-refractivity contribution in [2.24, 2.45) is 0 Å². The van der Waals surface area contributed by atoms with Crippen LogP contribution < -0.4 is 21.9 Å². The Labute approximate surface area is 96.9 Å². The van der Waals surface area contributed by atoms with Crippen LogP contribution in [0.5, 0.6) is 0 Å². The highest BCUT2D eigenvalue weighted by Crippen LogP contribution is 2.13. The molecule has 0 spiro atoms. The third kappa shape index (κ3) is 2.23. The molecule has 3 atom stereocenters. The highest BCUT2D eigenvalue weighted by atomic mass is 16.3. The molecular formula is C9H15N5O3+. The molecule has 0 fully saturated rings. The van der Waals surface area contributed by atoms with E-state index in [2.05, 4.69) is 20.6 Å². The van der Waals surface area contributed by atoms with Gasteiger partial charge < -0.3 is 21.3 Å². The van der Waals surface area contributed by atoms with Crippen LogP contribution in [0.1, 0.15) is 6.92 Å². The van der Waals surface area contributed by atoms with Gasteiger partial charge in [-0.3, -0.25) is 9.78 Å². The van der Waals surface area contributed by atoms with Gasteiger partial charge in [-0.05, 0) is 6.92 Å². The lowest BCUT2D eigenvalue weighted by Crippen LogP contribution is -2.92. The summed E-state index contributed by atoms with van der Waals surface area (Å²) in [6, 6.07) is -0.464. The van der Waals surface area contributed by atoms with Gasteiger partial charge in [-0.2, -0.15) is 4.98 Å². The predicted octanol–water partition coefficient (Wildman–Crippen LogP) is -3.13. The summed E-state index contributed by atoms with van der Waals surface area (Å²) in [7, 11) is 0. The number of aliphatic hydroxyl groups excluding tert-OH is 2. The molecule has 93 valence electrons. The third-order valence-corrected chi connectivity index (χ3v) is 2.66. The lowest BCUT2D eigenvalue weighted by Gasteiger charge is -2.24. The normalized spacial score (nSPS) is 22.4. The number of hydrogen-bond acceptors (Lipinski definition) is 7. The molecule has 1 radical (unpaired) electrons. The molecule has 2 heterocycles. The van der Waals surface area contributed by atoms with E-state index in [0.29, 0.717) is 12.4 Å². The van der Waals surface area contributed by atoms with Crippen LogP contribution in [-0.2, 0) is 0 Å². The molecule has 0 amide bonds. The number of aromatic amines is 1. The van der Waals surface area contributed by atoms with Crippen molar-refractivity contribution in [1.29, 1.82) is 0 Å². The van der Waals surface area contributed by atoms with Crippen LogP contribution in [0.4, 0.5) is 17.5 Å². The molecule has 0 aromatic carbocycles. The molecule has 3 unspecified atom stereocenters. The summed E-state index contributed by atoms with van der Waals surface area (Å²) in [4.78, 5) is 17.9. The second-order valence-electron chi connectivity index (χ2n) is 4.04. The summed E-state index contributed by atoms with van der Waals surface area (Å²) < 4.78 is 0. The zero-order chi connectivity index (χ0) is 12.6. The average molecular weight is 241 g/mol. The molecule has 2 rings (SSSR count). The summed E-state index contributed by atoms with van der Waals surface area (Å²) in [6.45, 7) is 1.82. The number of aromatic nitrogens is 2. The van der Waals surface area contributed by atoms with Crippen LogP contribution in [0.2, 0.25) is 0 Å². The van der Waals surface area contributed by atoms with Gasteiger partial charge in [0.1, 0.15) is 6.10 Å². The number of anilines is 3. The first kappa shape index (κ1) is 11.8. The van der Waals surface area contributed by atoms with Gasteiger partial charge in [0.15, 0.2) is 6.04 Å². The summed E-state index contributed by atoms with van der Waals surface area (Å²) in [5, 5.41) is 24.7. The van der Waals surface area contributed by atoms with Crippen molar-refractivity contribution < 1.29 is 15.5 Å². The van der Waals surface area contributed by atoms with Crippen LogP contribution in [0.25, 0.3) is 0 Å². The largest absolute Gasteiger partial charge is 0.390 e. The van der Waals surface area contributed by atoms with Crippen LogP contribution >= 0.6 is 0 Å². The number of fused-ring (bicyclic) bond motifs is 1. The van der Waals surface area contributed by atoms with E-state index >= 15 is 0 Å². The first-order chi connectivity index (χ1) is 7.99. The Bertz CT molecular complexity index is 472. The predicted molar refractivity (Wildman–Crippen MR) is 59.9 cm³/mol. The molecule has 1 aliphatic heterocycles. The van der Waals surface area contributed by atoms with Crippen molar-refractivity contribution in [3.63, 3.8) is 0 Å². The zero-order valence-electron chi connectivity index (χ0n) is 9.27. The number of H-pyrrole nitrogens is 1. The maximum atomic E-state index is 11.6. The molecule has 8 nitrogen and oxygen atoms in total. The standard InChI is InChI=1S/C9H15N5O3/c1-3(15)6(16)4-2-11-7-5(12-4)8(17)14-9(10)13-7/h3-4,6,12,15-16H,2H2,1H3,(H4,10,11,13,14,17)/q+1. The van der Waals surface area contributed by atoms with Gasteiger partial charge in [-0.1, -0.05) is 0 Å². The van der Waals surface area contributed by atoms with Gasteiger partial charge in [0.25, 0.3) is 5.69 Å². The molecule has 7 N–H and O–H groups in total. The van der Waals surface area contributed by atoms with Gasteiger partial charge in [-0.25, -0.2) is 0 Å². The molecule has 8 heteroatoms. The lowest BCUT2D eigenvalue weighted by atomic mass is 10.0. The fraction of sp³-hybridized carbons (Fsp3) is 0.556. The Morgan fingerprint density at radius 1 is 1.59 bits per heavy atom. The first-order valence-corrected chi connectivity index (χ1v) is 5.25. The molecule has 1 aliphatic rings. The highest BCUT2D eigenvalue weighted by molar-refractivity contribution is 5.56. The van der Waals surface area contributed by atoms with Crippen molar-refractivity contribution in [3.8, 4) is 0 Å². The number of nitrogens with one attached hydrogen (secondary N) is 3. The van der Waals surface area contributed by atoms with Crippen molar-refractivity contribution in [3.05, 3.63) is 10.4 Å². The SMILES string of the molecule is CC(O)C(O)C1CNc2nc(N)[nH]c(=O)c2[NH+]1. The Balaban J connectivity index is 2.27. The Morgan fingerprint density at radius 3 is 2.94 bits per heavy atom. The van der Waals surface area contributed by atoms with Crippen LogP contribution in [0.3, 0.4) is 0 Å². The van der Waals surface area contributed by atoms with E-state index in [1.165, 1.54) is 6.92 Å². The van der Waals surface area contributed by atoms with Crippen molar-refractivity contribution in [2.45, 2.75) is 25.2 Å². The minimum absolute atomic E-state index is 0.0255. The minimum atomic E-state index is -0.979. The fourth-order valence-corrected chi connectivity index (χ4v) is 1.74. The number of nitrogens with two attached hydrogens (primary N) is 1. The van der Waals surface area contributed by atoms with E-state index in [9.17, 15) is 15.0 Å². The smallest absolute Gasteiger partial charge is 0.321 e. The maximum absolute atomic E-state index is 11.6. The minimum Gasteiger partial charge on any atom is -0.390 e. The zero-order valence-corrected chi connectivity index (χ0v) is 9.27. The van der Waals surface area contributed by atoms with E-state index in [-0.39, 0.29) is 11.6 Å². The Kier molecular flexibility index (Phi) is 3.01. The summed E-state index contributed by atoms with van der Waals surface area (Å²) in [6.07, 6.45) is -1.87. The average Bonchev–Trinajstić information content (AvgIpc) is 2.27. The topological polar surface area (TPSA) is 140 Å². The Morgan fingerprint density at radius 2 is 2.29 bits per heavy atom. The molecule has 0 bridgehead atoms. The number of aliphatic hydroxyl groups is 2. The van der Waals surface area contributed by atoms with Gasteiger partial charge in [-0.15, -0.1) is 5.32 Å². The van der Waals surface area contributed by atoms with Crippen LogP contribution in [0.15, 0.2) is 4.79 Å². The third-order valence-electron chi connectivity index (χ3n) is 2.66. The molecule has 0 aliphatic carbocycles. The second kappa shape index (κ2) is 4.32. The molecule has 1 aromatic heterocycles. The van der Waals surface area contributed by atoms with Crippen molar-refractivity contribution in [1.82, 2.24) is 9.97 Å². The van der Waals surface area contributed by atoms with E-state index in [1.807, 2.05) is 0 Å². The van der Waals surface area contributed by atoms with Crippen LogP contribution in [-0.4, -0.2) is 45.0 Å². The summed E-state index contributed by atoms with van der Waals surface area (Å²) in [5.74, 6) is 0.373. The van der Waals surface area contributed by atoms with Gasteiger partial charge >= 0.3 is 5.56 Å². The molecular weight excluding hydrogens is 226 g/mol. The monoisotopic (exact) mass is 241 g/mol. The Hall–Kier alpha value is -1.64. The number of nitrogens with zero attached hydrogens (tertiary/aromatic N) is 1. The van der Waals surface area contributed by atoms with E-state index < -0.39 is 23.8 Å². The fourth-order valence-electron chi connectivity index (χ4n) is 1.74. The number of rotatable bonds is 2. The quantitative estimate of drug-likeness (QED) is 0.323. The summed E-state index contributed by atoms with van der Waals surface area (Å²) >= 11 is 0. The second-order valence-corrected chi connectivity index (χ2v) is 4.04. The molecule has 0 saturated heterocycles. The maximum Gasteiger partial charge on any atom is 0.321 e. The van der Waals surface area contributed by atoms with E-state index in [0.717, 1.165) is 0 Å². The van der Waals surface area contributed by atoms with Gasteiger partial charge in [0.2, 0.25) is 11.8 Å². The molecule has 1 aromatic rings.